The second kappa shape index (κ2) is 5.14. The van der Waals surface area contributed by atoms with E-state index in [1.165, 1.54) is 0 Å². The molecule has 1 aromatic rings. The molecule has 1 aliphatic heterocycles. The molecule has 2 rings (SSSR count). The molecule has 0 unspecified atom stereocenters. The van der Waals surface area contributed by atoms with Crippen molar-refractivity contribution < 1.29 is 13.2 Å². The van der Waals surface area contributed by atoms with Crippen LogP contribution in [0.5, 0.6) is 5.75 Å². The summed E-state index contributed by atoms with van der Waals surface area (Å²) in [5.41, 5.74) is 1.79. The van der Waals surface area contributed by atoms with Crippen molar-refractivity contribution in [2.45, 2.75) is 25.8 Å². The zero-order chi connectivity index (χ0) is 13.2. The van der Waals surface area contributed by atoms with Crippen molar-refractivity contribution in [2.75, 3.05) is 23.9 Å². The first-order valence-electron chi connectivity index (χ1n) is 5.98. The largest absolute Gasteiger partial charge is 0.493 e. The van der Waals surface area contributed by atoms with Crippen LogP contribution < -0.4 is 10.1 Å². The highest BCUT2D eigenvalue weighted by atomic mass is 32.2. The van der Waals surface area contributed by atoms with Crippen LogP contribution in [0.1, 0.15) is 18.5 Å². The molecule has 0 bridgehead atoms. The number of nitrogens with zero attached hydrogens (tertiary/aromatic N) is 1. The molecule has 1 aromatic heterocycles. The molecule has 0 radical (unpaired) electrons. The Labute approximate surface area is 107 Å². The van der Waals surface area contributed by atoms with E-state index in [1.54, 1.807) is 13.3 Å². The average molecular weight is 270 g/mol. The van der Waals surface area contributed by atoms with Gasteiger partial charge in [0.05, 0.1) is 30.5 Å². The summed E-state index contributed by atoms with van der Waals surface area (Å²) in [5, 5.41) is 3.35. The Morgan fingerprint density at radius 1 is 1.39 bits per heavy atom. The van der Waals surface area contributed by atoms with Crippen LogP contribution in [0.3, 0.4) is 0 Å². The van der Waals surface area contributed by atoms with Gasteiger partial charge in [-0.05, 0) is 25.8 Å². The number of methoxy groups -OCH3 is 1. The van der Waals surface area contributed by atoms with Crippen molar-refractivity contribution in [2.24, 2.45) is 0 Å². The van der Waals surface area contributed by atoms with Gasteiger partial charge >= 0.3 is 0 Å². The van der Waals surface area contributed by atoms with Gasteiger partial charge in [-0.25, -0.2) is 8.42 Å². The van der Waals surface area contributed by atoms with Crippen LogP contribution in [0.25, 0.3) is 0 Å². The Balaban J connectivity index is 2.08. The van der Waals surface area contributed by atoms with Gasteiger partial charge in [0.2, 0.25) is 0 Å². The Morgan fingerprint density at radius 2 is 2.06 bits per heavy atom. The molecule has 1 N–H and O–H groups in total. The molecule has 6 heteroatoms. The minimum atomic E-state index is -2.82. The van der Waals surface area contributed by atoms with Crippen molar-refractivity contribution in [3.63, 3.8) is 0 Å². The van der Waals surface area contributed by atoms with Crippen molar-refractivity contribution in [3.8, 4) is 5.75 Å². The number of hydrogen-bond donors (Lipinski definition) is 1. The molecular formula is C12H18N2O3S. The lowest BCUT2D eigenvalue weighted by Crippen LogP contribution is -2.32. The molecule has 2 heterocycles. The van der Waals surface area contributed by atoms with Gasteiger partial charge in [0, 0.05) is 11.7 Å². The van der Waals surface area contributed by atoms with Crippen molar-refractivity contribution >= 4 is 15.5 Å². The van der Waals surface area contributed by atoms with Gasteiger partial charge in [0.1, 0.15) is 9.84 Å². The maximum atomic E-state index is 11.4. The van der Waals surface area contributed by atoms with Crippen molar-refractivity contribution in [1.82, 2.24) is 4.98 Å². The van der Waals surface area contributed by atoms with E-state index in [-0.39, 0.29) is 17.5 Å². The molecule has 100 valence electrons. The summed E-state index contributed by atoms with van der Waals surface area (Å²) in [6, 6.07) is 2.10. The number of ether oxygens (including phenoxy) is 1. The Morgan fingerprint density at radius 3 is 2.67 bits per heavy atom. The highest BCUT2D eigenvalue weighted by Gasteiger charge is 2.24. The van der Waals surface area contributed by atoms with Crippen LogP contribution in [-0.2, 0) is 9.84 Å². The topological polar surface area (TPSA) is 68.3 Å². The standard InChI is InChI=1S/C12H18N2O3S/c1-9-7-11(12(17-2)8-13-9)14-10-3-5-18(15,16)6-4-10/h7-8,10H,3-6H2,1-2H3,(H,13,14). The van der Waals surface area contributed by atoms with Gasteiger partial charge in [0.15, 0.2) is 5.75 Å². The molecule has 1 saturated heterocycles. The van der Waals surface area contributed by atoms with Gasteiger partial charge in [0.25, 0.3) is 0 Å². The van der Waals surface area contributed by atoms with E-state index in [0.717, 1.165) is 11.4 Å². The number of aryl methyl sites for hydroxylation is 1. The Bertz CT molecular complexity index is 514. The van der Waals surface area contributed by atoms with Gasteiger partial charge in [-0.15, -0.1) is 0 Å². The molecule has 0 aliphatic carbocycles. The molecule has 18 heavy (non-hydrogen) atoms. The normalized spacial score (nSPS) is 19.4. The number of sulfone groups is 1. The predicted molar refractivity (Wildman–Crippen MR) is 70.8 cm³/mol. The fraction of sp³-hybridized carbons (Fsp3) is 0.583. The maximum Gasteiger partial charge on any atom is 0.160 e. The molecule has 0 amide bonds. The first-order chi connectivity index (χ1) is 8.50. The Kier molecular flexibility index (Phi) is 3.75. The van der Waals surface area contributed by atoms with Crippen LogP contribution in [0.2, 0.25) is 0 Å². The first kappa shape index (κ1) is 13.1. The van der Waals surface area contributed by atoms with Crippen molar-refractivity contribution in [1.29, 1.82) is 0 Å². The molecule has 5 nitrogen and oxygen atoms in total. The van der Waals surface area contributed by atoms with Crippen molar-refractivity contribution in [3.05, 3.63) is 18.0 Å². The first-order valence-corrected chi connectivity index (χ1v) is 7.80. The van der Waals surface area contributed by atoms with Crippen LogP contribution >= 0.6 is 0 Å². The molecule has 0 aromatic carbocycles. The van der Waals surface area contributed by atoms with E-state index in [9.17, 15) is 8.42 Å². The number of aromatic nitrogens is 1. The average Bonchev–Trinajstić information content (AvgIpc) is 2.32. The van der Waals surface area contributed by atoms with E-state index >= 15 is 0 Å². The second-order valence-corrected chi connectivity index (χ2v) is 6.90. The molecule has 0 saturated carbocycles. The van der Waals surface area contributed by atoms with E-state index in [2.05, 4.69) is 10.3 Å². The lowest BCUT2D eigenvalue weighted by atomic mass is 10.1. The van der Waals surface area contributed by atoms with Crippen LogP contribution in [0.15, 0.2) is 12.3 Å². The second-order valence-electron chi connectivity index (χ2n) is 4.60. The monoisotopic (exact) mass is 270 g/mol. The third kappa shape index (κ3) is 3.13. The number of rotatable bonds is 3. The predicted octanol–water partition coefficient (Wildman–Crippen LogP) is 1.39. The summed E-state index contributed by atoms with van der Waals surface area (Å²) in [6.45, 7) is 1.91. The van der Waals surface area contributed by atoms with Gasteiger partial charge < -0.3 is 10.1 Å². The van der Waals surface area contributed by atoms with E-state index in [0.29, 0.717) is 18.6 Å². The maximum absolute atomic E-state index is 11.4. The lowest BCUT2D eigenvalue weighted by Gasteiger charge is -2.25. The van der Waals surface area contributed by atoms with Crippen LogP contribution in [0, 0.1) is 6.92 Å². The number of nitrogens with one attached hydrogen (secondary N) is 1. The summed E-state index contributed by atoms with van der Waals surface area (Å²) < 4.78 is 28.0. The summed E-state index contributed by atoms with van der Waals surface area (Å²) in [7, 11) is -1.22. The minimum Gasteiger partial charge on any atom is -0.493 e. The summed E-state index contributed by atoms with van der Waals surface area (Å²) in [6.07, 6.45) is 2.97. The molecule has 1 fully saturated rings. The molecular weight excluding hydrogens is 252 g/mol. The number of hydrogen-bond acceptors (Lipinski definition) is 5. The van der Waals surface area contributed by atoms with Gasteiger partial charge in [-0.3, -0.25) is 4.98 Å². The van der Waals surface area contributed by atoms with Crippen LogP contribution in [0.4, 0.5) is 5.69 Å². The van der Waals surface area contributed by atoms with Gasteiger partial charge in [-0.2, -0.15) is 0 Å². The fourth-order valence-corrected chi connectivity index (χ4v) is 3.57. The summed E-state index contributed by atoms with van der Waals surface area (Å²) in [5.74, 6) is 1.21. The third-order valence-electron chi connectivity index (χ3n) is 3.14. The molecule has 1 aliphatic rings. The smallest absolute Gasteiger partial charge is 0.160 e. The minimum absolute atomic E-state index is 0.184. The Hall–Kier alpha value is -1.30. The number of pyridine rings is 1. The molecule has 0 spiro atoms. The highest BCUT2D eigenvalue weighted by Crippen LogP contribution is 2.26. The van der Waals surface area contributed by atoms with Crippen LogP contribution in [-0.4, -0.2) is 38.1 Å². The van der Waals surface area contributed by atoms with E-state index in [4.69, 9.17) is 4.74 Å². The number of anilines is 1. The SMILES string of the molecule is COc1cnc(C)cc1NC1CCS(=O)(=O)CC1. The van der Waals surface area contributed by atoms with E-state index in [1.807, 2.05) is 13.0 Å². The lowest BCUT2D eigenvalue weighted by molar-refractivity contribution is 0.413. The van der Waals surface area contributed by atoms with Gasteiger partial charge in [-0.1, -0.05) is 0 Å². The zero-order valence-electron chi connectivity index (χ0n) is 10.6. The zero-order valence-corrected chi connectivity index (χ0v) is 11.5. The quantitative estimate of drug-likeness (QED) is 0.899. The third-order valence-corrected chi connectivity index (χ3v) is 4.85. The fourth-order valence-electron chi connectivity index (χ4n) is 2.08. The highest BCUT2D eigenvalue weighted by molar-refractivity contribution is 7.91. The summed E-state index contributed by atoms with van der Waals surface area (Å²) in [4.78, 5) is 4.17. The molecule has 0 atom stereocenters. The van der Waals surface area contributed by atoms with E-state index < -0.39 is 9.84 Å². The summed E-state index contributed by atoms with van der Waals surface area (Å²) >= 11 is 0.